The summed E-state index contributed by atoms with van der Waals surface area (Å²) in [6.45, 7) is 2.06. The zero-order valence-corrected chi connectivity index (χ0v) is 13.7. The molecule has 0 N–H and O–H groups in total. The van der Waals surface area contributed by atoms with Crippen molar-refractivity contribution in [1.29, 1.82) is 0 Å². The summed E-state index contributed by atoms with van der Waals surface area (Å²) in [5.74, 6) is 1.35. The highest BCUT2D eigenvalue weighted by molar-refractivity contribution is 6.30. The SMILES string of the molecule is COc1cc(C)c(COc2ccc(Cl)cc2[N+](=O)[O-])cc1OC. The number of aryl methyl sites for hydroxylation is 1. The molecule has 0 saturated carbocycles. The van der Waals surface area contributed by atoms with Gasteiger partial charge in [-0.2, -0.15) is 0 Å². The molecule has 23 heavy (non-hydrogen) atoms. The lowest BCUT2D eigenvalue weighted by Crippen LogP contribution is -2.02. The molecule has 0 radical (unpaired) electrons. The van der Waals surface area contributed by atoms with Gasteiger partial charge in [0.2, 0.25) is 0 Å². The van der Waals surface area contributed by atoms with Crippen LogP contribution < -0.4 is 14.2 Å². The van der Waals surface area contributed by atoms with E-state index in [1.165, 1.54) is 12.1 Å². The summed E-state index contributed by atoms with van der Waals surface area (Å²) in [5, 5.41) is 11.4. The van der Waals surface area contributed by atoms with Gasteiger partial charge in [-0.05, 0) is 42.3 Å². The van der Waals surface area contributed by atoms with Crippen LogP contribution in [0.5, 0.6) is 17.2 Å². The van der Waals surface area contributed by atoms with E-state index < -0.39 is 4.92 Å². The molecule has 0 fully saturated rings. The number of benzene rings is 2. The molecule has 0 atom stereocenters. The molecule has 2 rings (SSSR count). The molecule has 122 valence electrons. The topological polar surface area (TPSA) is 70.8 Å². The van der Waals surface area contributed by atoms with Crippen molar-refractivity contribution in [2.75, 3.05) is 14.2 Å². The molecule has 0 heterocycles. The molecule has 0 saturated heterocycles. The normalized spacial score (nSPS) is 10.3. The number of nitrogens with zero attached hydrogens (tertiary/aromatic N) is 1. The first kappa shape index (κ1) is 16.9. The van der Waals surface area contributed by atoms with E-state index in [0.717, 1.165) is 11.1 Å². The smallest absolute Gasteiger partial charge is 0.312 e. The molecule has 0 spiro atoms. The third-order valence-electron chi connectivity index (χ3n) is 3.34. The summed E-state index contributed by atoms with van der Waals surface area (Å²) < 4.78 is 16.1. The number of nitro benzene ring substituents is 1. The summed E-state index contributed by atoms with van der Waals surface area (Å²) in [6.07, 6.45) is 0. The number of hydrogen-bond donors (Lipinski definition) is 0. The van der Waals surface area contributed by atoms with Crippen molar-refractivity contribution in [3.05, 3.63) is 56.6 Å². The van der Waals surface area contributed by atoms with Gasteiger partial charge in [0.25, 0.3) is 0 Å². The Morgan fingerprint density at radius 1 is 1.09 bits per heavy atom. The molecular formula is C16H16ClNO5. The van der Waals surface area contributed by atoms with Crippen molar-refractivity contribution in [2.24, 2.45) is 0 Å². The Balaban J connectivity index is 2.26. The lowest BCUT2D eigenvalue weighted by Gasteiger charge is -2.13. The van der Waals surface area contributed by atoms with E-state index in [0.29, 0.717) is 11.5 Å². The fraction of sp³-hybridized carbons (Fsp3) is 0.250. The van der Waals surface area contributed by atoms with Crippen molar-refractivity contribution < 1.29 is 19.1 Å². The molecule has 7 heteroatoms. The molecule has 0 aromatic heterocycles. The van der Waals surface area contributed by atoms with E-state index in [1.54, 1.807) is 26.4 Å². The van der Waals surface area contributed by atoms with Crippen LogP contribution in [0.15, 0.2) is 30.3 Å². The molecule has 0 aliphatic carbocycles. The van der Waals surface area contributed by atoms with E-state index in [2.05, 4.69) is 0 Å². The summed E-state index contributed by atoms with van der Waals surface area (Å²) in [4.78, 5) is 10.5. The van der Waals surface area contributed by atoms with Crippen LogP contribution in [-0.4, -0.2) is 19.1 Å². The maximum Gasteiger partial charge on any atom is 0.312 e. The van der Waals surface area contributed by atoms with Crippen molar-refractivity contribution in [1.82, 2.24) is 0 Å². The average molecular weight is 338 g/mol. The van der Waals surface area contributed by atoms with E-state index in [-0.39, 0.29) is 23.1 Å². The summed E-state index contributed by atoms with van der Waals surface area (Å²) in [7, 11) is 3.10. The lowest BCUT2D eigenvalue weighted by molar-refractivity contribution is -0.385. The molecule has 6 nitrogen and oxygen atoms in total. The van der Waals surface area contributed by atoms with Crippen molar-refractivity contribution in [3.63, 3.8) is 0 Å². The second-order valence-corrected chi connectivity index (χ2v) is 5.23. The van der Waals surface area contributed by atoms with E-state index in [4.69, 9.17) is 25.8 Å². The first-order chi connectivity index (χ1) is 11.0. The zero-order chi connectivity index (χ0) is 17.0. The fourth-order valence-corrected chi connectivity index (χ4v) is 2.26. The van der Waals surface area contributed by atoms with Gasteiger partial charge in [-0.1, -0.05) is 11.6 Å². The van der Waals surface area contributed by atoms with Crippen LogP contribution in [0.4, 0.5) is 5.69 Å². The third kappa shape index (κ3) is 3.84. The highest BCUT2D eigenvalue weighted by Gasteiger charge is 2.16. The van der Waals surface area contributed by atoms with Gasteiger partial charge < -0.3 is 14.2 Å². The highest BCUT2D eigenvalue weighted by atomic mass is 35.5. The molecule has 2 aromatic carbocycles. The molecule has 0 amide bonds. The van der Waals surface area contributed by atoms with Gasteiger partial charge in [0.15, 0.2) is 17.2 Å². The van der Waals surface area contributed by atoms with Crippen LogP contribution in [0.1, 0.15) is 11.1 Å². The van der Waals surface area contributed by atoms with Gasteiger partial charge in [0, 0.05) is 11.1 Å². The molecule has 0 bridgehead atoms. The maximum absolute atomic E-state index is 11.1. The van der Waals surface area contributed by atoms with Gasteiger partial charge >= 0.3 is 5.69 Å². The third-order valence-corrected chi connectivity index (χ3v) is 3.58. The Morgan fingerprint density at radius 3 is 2.35 bits per heavy atom. The van der Waals surface area contributed by atoms with Gasteiger partial charge in [-0.3, -0.25) is 10.1 Å². The Labute approximate surface area is 138 Å². The minimum Gasteiger partial charge on any atom is -0.493 e. The van der Waals surface area contributed by atoms with Gasteiger partial charge in [0.05, 0.1) is 19.1 Å². The minimum atomic E-state index is -0.525. The van der Waals surface area contributed by atoms with Crippen molar-refractivity contribution in [3.8, 4) is 17.2 Å². The number of halogens is 1. The molecular weight excluding hydrogens is 322 g/mol. The largest absolute Gasteiger partial charge is 0.493 e. The van der Waals surface area contributed by atoms with Crippen LogP contribution in [0.2, 0.25) is 5.02 Å². The Kier molecular flexibility index (Phi) is 5.28. The predicted molar refractivity (Wildman–Crippen MR) is 86.7 cm³/mol. The van der Waals surface area contributed by atoms with Crippen LogP contribution in [0.3, 0.4) is 0 Å². The number of hydrogen-bond acceptors (Lipinski definition) is 5. The number of ether oxygens (including phenoxy) is 3. The van der Waals surface area contributed by atoms with Gasteiger partial charge in [-0.25, -0.2) is 0 Å². The summed E-state index contributed by atoms with van der Waals surface area (Å²) in [6, 6.07) is 7.91. The quantitative estimate of drug-likeness (QED) is 0.585. The molecule has 2 aromatic rings. The van der Waals surface area contributed by atoms with Crippen molar-refractivity contribution >= 4 is 17.3 Å². The van der Waals surface area contributed by atoms with E-state index in [9.17, 15) is 10.1 Å². The monoisotopic (exact) mass is 337 g/mol. The second kappa shape index (κ2) is 7.19. The number of nitro groups is 1. The van der Waals surface area contributed by atoms with Gasteiger partial charge in [0.1, 0.15) is 6.61 Å². The van der Waals surface area contributed by atoms with Crippen LogP contribution in [0, 0.1) is 17.0 Å². The number of methoxy groups -OCH3 is 2. The summed E-state index contributed by atoms with van der Waals surface area (Å²) in [5.41, 5.74) is 1.60. The first-order valence-electron chi connectivity index (χ1n) is 6.74. The fourth-order valence-electron chi connectivity index (χ4n) is 2.09. The Hall–Kier alpha value is -2.47. The molecule has 0 aliphatic heterocycles. The Morgan fingerprint density at radius 2 is 1.74 bits per heavy atom. The number of rotatable bonds is 6. The molecule has 0 aliphatic rings. The maximum atomic E-state index is 11.1. The minimum absolute atomic E-state index is 0.161. The Bertz CT molecular complexity index is 733. The highest BCUT2D eigenvalue weighted by Crippen LogP contribution is 2.33. The van der Waals surface area contributed by atoms with Gasteiger partial charge in [-0.15, -0.1) is 0 Å². The van der Waals surface area contributed by atoms with Crippen LogP contribution >= 0.6 is 11.6 Å². The standard InChI is InChI=1S/C16H16ClNO5/c1-10-6-15(21-2)16(22-3)7-11(10)9-23-14-5-4-12(17)8-13(14)18(19)20/h4-8H,9H2,1-3H3. The van der Waals surface area contributed by atoms with E-state index in [1.807, 2.05) is 13.0 Å². The predicted octanol–water partition coefficient (Wildman–Crippen LogP) is 4.15. The van der Waals surface area contributed by atoms with E-state index >= 15 is 0 Å². The van der Waals surface area contributed by atoms with Crippen LogP contribution in [-0.2, 0) is 6.61 Å². The zero-order valence-electron chi connectivity index (χ0n) is 13.0. The average Bonchev–Trinajstić information content (AvgIpc) is 2.54. The summed E-state index contributed by atoms with van der Waals surface area (Å²) >= 11 is 5.79. The second-order valence-electron chi connectivity index (χ2n) is 4.79. The lowest BCUT2D eigenvalue weighted by atomic mass is 10.1. The van der Waals surface area contributed by atoms with Crippen molar-refractivity contribution in [2.45, 2.75) is 13.5 Å². The molecule has 0 unspecified atom stereocenters. The van der Waals surface area contributed by atoms with Crippen LogP contribution in [0.25, 0.3) is 0 Å². The first-order valence-corrected chi connectivity index (χ1v) is 7.12.